The molecule has 8 heteroatoms. The molecule has 2 rings (SSSR count). The molecule has 2 heterocycles. The number of ether oxygens (including phenoxy) is 1. The van der Waals surface area contributed by atoms with Gasteiger partial charge in [0.05, 0.1) is 24.3 Å². The number of carbonyl (C=O) groups is 1. The molecule has 1 aromatic heterocycles. The first-order valence-electron chi connectivity index (χ1n) is 7.94. The molecule has 1 aromatic rings. The number of aromatic nitrogens is 2. The van der Waals surface area contributed by atoms with Crippen LogP contribution in [-0.2, 0) is 11.3 Å². The van der Waals surface area contributed by atoms with Gasteiger partial charge in [0.25, 0.3) is 5.91 Å². The van der Waals surface area contributed by atoms with Gasteiger partial charge in [-0.2, -0.15) is 5.10 Å². The molecule has 1 fully saturated rings. The molecule has 1 aliphatic rings. The largest absolute Gasteiger partial charge is 0.390 e. The number of aliphatic hydroxyl groups is 2. The van der Waals surface area contributed by atoms with E-state index < -0.39 is 12.2 Å². The van der Waals surface area contributed by atoms with Crippen molar-refractivity contribution in [3.63, 3.8) is 0 Å². The highest BCUT2D eigenvalue weighted by Gasteiger charge is 2.34. The molecule has 2 N–H and O–H groups in total. The Morgan fingerprint density at radius 2 is 2.22 bits per heavy atom. The predicted molar refractivity (Wildman–Crippen MR) is 85.4 cm³/mol. The van der Waals surface area contributed by atoms with Crippen molar-refractivity contribution in [2.75, 3.05) is 26.3 Å². The third-order valence-corrected chi connectivity index (χ3v) is 4.25. The topological polar surface area (TPSA) is 87.8 Å². The molecule has 130 valence electrons. The van der Waals surface area contributed by atoms with Gasteiger partial charge in [-0.3, -0.25) is 9.48 Å². The van der Waals surface area contributed by atoms with Crippen LogP contribution in [0.4, 0.5) is 0 Å². The van der Waals surface area contributed by atoms with Gasteiger partial charge in [-0.15, -0.1) is 0 Å². The Hall–Kier alpha value is -1.15. The molecule has 0 aromatic carbocycles. The number of carbonyl (C=O) groups excluding carboxylic acids is 1. The van der Waals surface area contributed by atoms with Crippen molar-refractivity contribution in [2.24, 2.45) is 5.92 Å². The monoisotopic (exact) mass is 345 g/mol. The van der Waals surface area contributed by atoms with E-state index in [4.69, 9.17) is 16.3 Å². The molecule has 7 nitrogen and oxygen atoms in total. The fraction of sp³-hybridized carbons (Fsp3) is 0.733. The maximum Gasteiger partial charge on any atom is 0.275 e. The van der Waals surface area contributed by atoms with E-state index in [1.165, 1.54) is 0 Å². The summed E-state index contributed by atoms with van der Waals surface area (Å²) in [5.41, 5.74) is 0.216. The Kier molecular flexibility index (Phi) is 6.41. The molecule has 0 aliphatic carbocycles. The normalized spacial score (nSPS) is 24.7. The van der Waals surface area contributed by atoms with E-state index in [-0.39, 0.29) is 24.1 Å². The quantitative estimate of drug-likeness (QED) is 0.795. The van der Waals surface area contributed by atoms with Crippen molar-refractivity contribution >= 4 is 17.5 Å². The molecule has 0 saturated carbocycles. The van der Waals surface area contributed by atoms with Crippen molar-refractivity contribution in [2.45, 2.75) is 39.0 Å². The van der Waals surface area contributed by atoms with E-state index in [1.807, 2.05) is 13.8 Å². The lowest BCUT2D eigenvalue weighted by Gasteiger charge is -2.35. The zero-order valence-corrected chi connectivity index (χ0v) is 14.2. The summed E-state index contributed by atoms with van der Waals surface area (Å²) in [4.78, 5) is 14.3. The third-order valence-electron chi connectivity index (χ3n) is 3.98. The molecule has 0 unspecified atom stereocenters. The molecule has 1 saturated heterocycles. The van der Waals surface area contributed by atoms with Crippen molar-refractivity contribution in [1.82, 2.24) is 14.7 Å². The van der Waals surface area contributed by atoms with Crippen molar-refractivity contribution in [3.05, 3.63) is 16.9 Å². The minimum Gasteiger partial charge on any atom is -0.390 e. The van der Waals surface area contributed by atoms with Crippen LogP contribution in [0.5, 0.6) is 0 Å². The maximum atomic E-state index is 12.7. The Balaban J connectivity index is 2.13. The van der Waals surface area contributed by atoms with E-state index >= 15 is 0 Å². The minimum atomic E-state index is -0.921. The molecular formula is C15H24ClN3O4. The maximum absolute atomic E-state index is 12.7. The number of hydrogen-bond donors (Lipinski definition) is 2. The van der Waals surface area contributed by atoms with Gasteiger partial charge in [-0.05, 0) is 13.3 Å². The van der Waals surface area contributed by atoms with Gasteiger partial charge in [-0.1, -0.05) is 18.5 Å². The second kappa shape index (κ2) is 8.10. The van der Waals surface area contributed by atoms with Gasteiger partial charge in [0.2, 0.25) is 0 Å². The summed E-state index contributed by atoms with van der Waals surface area (Å²) in [6.07, 6.45) is 0.570. The van der Waals surface area contributed by atoms with Crippen LogP contribution in [0.15, 0.2) is 6.20 Å². The number of amides is 1. The third kappa shape index (κ3) is 4.23. The van der Waals surface area contributed by atoms with Gasteiger partial charge in [0, 0.05) is 31.7 Å². The number of hydrogen-bond acceptors (Lipinski definition) is 5. The predicted octanol–water partition coefficient (Wildman–Crippen LogP) is 0.777. The molecule has 0 radical (unpaired) electrons. The average molecular weight is 346 g/mol. The Bertz CT molecular complexity index is 537. The molecule has 3 atom stereocenters. The van der Waals surface area contributed by atoms with Crippen molar-refractivity contribution in [1.29, 1.82) is 0 Å². The van der Waals surface area contributed by atoms with Gasteiger partial charge in [-0.25, -0.2) is 0 Å². The Morgan fingerprint density at radius 3 is 2.83 bits per heavy atom. The summed E-state index contributed by atoms with van der Waals surface area (Å²) in [5, 5.41) is 24.3. The molecule has 0 bridgehead atoms. The molecule has 1 amide bonds. The first-order chi connectivity index (χ1) is 11.0. The van der Waals surface area contributed by atoms with Crippen LogP contribution in [0.3, 0.4) is 0 Å². The fourth-order valence-corrected chi connectivity index (χ4v) is 2.93. The summed E-state index contributed by atoms with van der Waals surface area (Å²) in [5.74, 6) is -0.599. The summed E-state index contributed by atoms with van der Waals surface area (Å²) in [6, 6.07) is 0. The van der Waals surface area contributed by atoms with Crippen LogP contribution in [-0.4, -0.2) is 69.3 Å². The van der Waals surface area contributed by atoms with Gasteiger partial charge < -0.3 is 19.8 Å². The van der Waals surface area contributed by atoms with Gasteiger partial charge in [0.15, 0.2) is 5.69 Å². The summed E-state index contributed by atoms with van der Waals surface area (Å²) < 4.78 is 6.89. The van der Waals surface area contributed by atoms with E-state index in [1.54, 1.807) is 15.8 Å². The van der Waals surface area contributed by atoms with Crippen LogP contribution in [0.2, 0.25) is 5.02 Å². The lowest BCUT2D eigenvalue weighted by Crippen LogP contribution is -2.49. The molecular weight excluding hydrogens is 322 g/mol. The first-order valence-corrected chi connectivity index (χ1v) is 8.31. The summed E-state index contributed by atoms with van der Waals surface area (Å²) in [7, 11) is 0. The highest BCUT2D eigenvalue weighted by Crippen LogP contribution is 2.20. The zero-order valence-electron chi connectivity index (χ0n) is 13.5. The van der Waals surface area contributed by atoms with Gasteiger partial charge >= 0.3 is 0 Å². The standard InChI is InChI=1S/C15H24ClN3O4/c1-3-5-18(6-10-8-23-9-12(20)14(10)21)15(22)13-11(16)7-19(4-2)17-13/h7,10,12,14,20-21H,3-6,8-9H2,1-2H3/t10-,12-,14+/m1/s1. The van der Waals surface area contributed by atoms with Crippen LogP contribution >= 0.6 is 11.6 Å². The van der Waals surface area contributed by atoms with E-state index in [9.17, 15) is 15.0 Å². The molecule has 0 spiro atoms. The highest BCUT2D eigenvalue weighted by atomic mass is 35.5. The summed E-state index contributed by atoms with van der Waals surface area (Å²) in [6.45, 7) is 5.75. The second-order valence-electron chi connectivity index (χ2n) is 5.79. The lowest BCUT2D eigenvalue weighted by atomic mass is 9.95. The number of rotatable bonds is 6. The van der Waals surface area contributed by atoms with E-state index in [0.29, 0.717) is 31.3 Å². The zero-order chi connectivity index (χ0) is 17.0. The van der Waals surface area contributed by atoms with Gasteiger partial charge in [0.1, 0.15) is 6.10 Å². The lowest BCUT2D eigenvalue weighted by molar-refractivity contribution is -0.124. The smallest absolute Gasteiger partial charge is 0.275 e. The number of aryl methyl sites for hydroxylation is 1. The Labute approximate surface area is 140 Å². The van der Waals surface area contributed by atoms with Crippen LogP contribution in [0, 0.1) is 5.92 Å². The van der Waals surface area contributed by atoms with E-state index in [2.05, 4.69) is 5.10 Å². The number of halogens is 1. The highest BCUT2D eigenvalue weighted by molar-refractivity contribution is 6.33. The van der Waals surface area contributed by atoms with E-state index in [0.717, 1.165) is 6.42 Å². The number of nitrogens with zero attached hydrogens (tertiary/aromatic N) is 3. The van der Waals surface area contributed by atoms with Crippen LogP contribution < -0.4 is 0 Å². The second-order valence-corrected chi connectivity index (χ2v) is 6.20. The molecule has 23 heavy (non-hydrogen) atoms. The van der Waals surface area contributed by atoms with Crippen molar-refractivity contribution in [3.8, 4) is 0 Å². The first kappa shape index (κ1) is 18.2. The Morgan fingerprint density at radius 1 is 1.48 bits per heavy atom. The van der Waals surface area contributed by atoms with Crippen LogP contribution in [0.1, 0.15) is 30.8 Å². The number of aliphatic hydroxyl groups excluding tert-OH is 2. The molecule has 1 aliphatic heterocycles. The van der Waals surface area contributed by atoms with Crippen molar-refractivity contribution < 1.29 is 19.7 Å². The summed E-state index contributed by atoms with van der Waals surface area (Å²) >= 11 is 6.11. The minimum absolute atomic E-state index is 0.117. The fourth-order valence-electron chi connectivity index (χ4n) is 2.69. The SMILES string of the molecule is CCCN(C[C@@H]1COC[C@@H](O)[C@H]1O)C(=O)c1nn(CC)cc1Cl. The average Bonchev–Trinajstić information content (AvgIpc) is 2.91. The van der Waals surface area contributed by atoms with Crippen LogP contribution in [0.25, 0.3) is 0 Å².